The Morgan fingerprint density at radius 2 is 0.952 bits per heavy atom. The molecule has 0 N–H and O–H groups in total. The van der Waals surface area contributed by atoms with Gasteiger partial charge in [-0.25, -0.2) is 0 Å². The van der Waals surface area contributed by atoms with Crippen LogP contribution in [0.3, 0.4) is 0 Å². The van der Waals surface area contributed by atoms with Crippen molar-refractivity contribution >= 4 is 5.78 Å². The number of benzene rings is 2. The van der Waals surface area contributed by atoms with Crippen molar-refractivity contribution in [2.24, 2.45) is 23.7 Å². The molecule has 232 valence electrons. The van der Waals surface area contributed by atoms with E-state index in [1.54, 1.807) is 0 Å². The highest BCUT2D eigenvalue weighted by Gasteiger charge is 2.29. The number of hydrogen-bond acceptors (Lipinski definition) is 1. The van der Waals surface area contributed by atoms with E-state index in [0.717, 1.165) is 49.4 Å². The first-order valence-corrected chi connectivity index (χ1v) is 18.3. The third-order valence-corrected chi connectivity index (χ3v) is 11.2. The summed E-state index contributed by atoms with van der Waals surface area (Å²) in [4.78, 5) is 12.9. The van der Waals surface area contributed by atoms with Crippen LogP contribution in [0.2, 0.25) is 0 Å². The van der Waals surface area contributed by atoms with Crippen molar-refractivity contribution in [2.75, 3.05) is 0 Å². The van der Waals surface area contributed by atoms with E-state index in [1.165, 1.54) is 114 Å². The molecule has 0 aliphatic heterocycles. The zero-order valence-corrected chi connectivity index (χ0v) is 27.3. The molecule has 0 radical (unpaired) electrons. The number of carbonyl (C=O) groups excluding carboxylic acids is 1. The molecule has 0 spiro atoms. The molecule has 0 saturated heterocycles. The molecule has 4 rings (SSSR count). The van der Waals surface area contributed by atoms with Gasteiger partial charge in [0, 0.05) is 12.8 Å². The van der Waals surface area contributed by atoms with Crippen molar-refractivity contribution in [3.63, 3.8) is 0 Å². The van der Waals surface area contributed by atoms with E-state index in [0.29, 0.717) is 17.6 Å². The fourth-order valence-corrected chi connectivity index (χ4v) is 8.82. The van der Waals surface area contributed by atoms with Crippen LogP contribution in [-0.4, -0.2) is 5.78 Å². The fraction of sp³-hybridized carbons (Fsp3) is 0.683. The fourth-order valence-electron chi connectivity index (χ4n) is 8.82. The molecule has 1 nitrogen and oxygen atoms in total. The van der Waals surface area contributed by atoms with E-state index in [2.05, 4.69) is 74.5 Å². The first kappa shape index (κ1) is 33.0. The molecule has 2 aliphatic rings. The topological polar surface area (TPSA) is 17.1 Å². The van der Waals surface area contributed by atoms with Gasteiger partial charge in [-0.3, -0.25) is 4.79 Å². The zero-order chi connectivity index (χ0) is 29.4. The lowest BCUT2D eigenvalue weighted by molar-refractivity contribution is -0.119. The molecule has 2 saturated carbocycles. The van der Waals surface area contributed by atoms with E-state index in [4.69, 9.17) is 0 Å². The average molecular weight is 571 g/mol. The minimum atomic E-state index is 0.502. The van der Waals surface area contributed by atoms with Gasteiger partial charge in [-0.1, -0.05) is 139 Å². The minimum Gasteiger partial charge on any atom is -0.300 e. The molecule has 1 heteroatoms. The summed E-state index contributed by atoms with van der Waals surface area (Å²) in [5, 5.41) is 0. The standard InChI is InChI=1S/C41H62O/c1-3-15-33-25-29-37(30-26-33)40(35-17-7-5-8-18-35)23-13-11-21-39(42)22-12-14-24-41(36-19-9-6-10-20-36)38-31-27-34(16-4-2)28-32-38/h5-10,17-20,33-34,37-38,40-41H,3-4,11-16,21-32H2,1-2H3. The van der Waals surface area contributed by atoms with Crippen LogP contribution in [0, 0.1) is 23.7 Å². The maximum atomic E-state index is 12.9. The van der Waals surface area contributed by atoms with Crippen LogP contribution >= 0.6 is 0 Å². The lowest BCUT2D eigenvalue weighted by Gasteiger charge is -2.34. The first-order valence-electron chi connectivity index (χ1n) is 18.3. The van der Waals surface area contributed by atoms with Gasteiger partial charge in [0.2, 0.25) is 0 Å². The van der Waals surface area contributed by atoms with Gasteiger partial charge in [-0.15, -0.1) is 0 Å². The SMILES string of the molecule is CCCC1CCC(C(CCCCC(=O)CCCCC(c2ccccc2)C2CCC(CCC)CC2)c2ccccc2)CC1. The highest BCUT2D eigenvalue weighted by atomic mass is 16.1. The summed E-state index contributed by atoms with van der Waals surface area (Å²) in [5.41, 5.74) is 3.07. The van der Waals surface area contributed by atoms with Gasteiger partial charge >= 0.3 is 0 Å². The second-order valence-corrected chi connectivity index (χ2v) is 14.2. The van der Waals surface area contributed by atoms with Crippen molar-refractivity contribution in [2.45, 2.75) is 154 Å². The summed E-state index contributed by atoms with van der Waals surface area (Å²) in [5.74, 6) is 5.44. The Morgan fingerprint density at radius 3 is 1.31 bits per heavy atom. The van der Waals surface area contributed by atoms with Crippen LogP contribution < -0.4 is 0 Å². The first-order chi connectivity index (χ1) is 20.7. The molecule has 2 fully saturated rings. The average Bonchev–Trinajstić information content (AvgIpc) is 3.03. The van der Waals surface area contributed by atoms with Crippen molar-refractivity contribution in [1.82, 2.24) is 0 Å². The third-order valence-electron chi connectivity index (χ3n) is 11.2. The molecule has 2 aliphatic carbocycles. The van der Waals surface area contributed by atoms with Crippen LogP contribution in [0.5, 0.6) is 0 Å². The summed E-state index contributed by atoms with van der Waals surface area (Å²) < 4.78 is 0. The molecule has 2 aromatic rings. The van der Waals surface area contributed by atoms with Gasteiger partial charge in [-0.05, 0) is 98.0 Å². The molecule has 0 amide bonds. The largest absolute Gasteiger partial charge is 0.300 e. The van der Waals surface area contributed by atoms with Crippen molar-refractivity contribution in [3.8, 4) is 0 Å². The number of hydrogen-bond donors (Lipinski definition) is 0. The van der Waals surface area contributed by atoms with E-state index >= 15 is 0 Å². The van der Waals surface area contributed by atoms with Gasteiger partial charge in [0.1, 0.15) is 5.78 Å². The zero-order valence-electron chi connectivity index (χ0n) is 27.3. The molecule has 42 heavy (non-hydrogen) atoms. The maximum absolute atomic E-state index is 12.9. The van der Waals surface area contributed by atoms with Crippen LogP contribution in [0.25, 0.3) is 0 Å². The lowest BCUT2D eigenvalue weighted by Crippen LogP contribution is -2.21. The Bertz CT molecular complexity index is 885. The van der Waals surface area contributed by atoms with Gasteiger partial charge in [0.15, 0.2) is 0 Å². The van der Waals surface area contributed by atoms with Gasteiger partial charge in [0.25, 0.3) is 0 Å². The predicted molar refractivity (Wildman–Crippen MR) is 181 cm³/mol. The van der Waals surface area contributed by atoms with Gasteiger partial charge < -0.3 is 0 Å². The van der Waals surface area contributed by atoms with E-state index in [-0.39, 0.29) is 0 Å². The molecular weight excluding hydrogens is 508 g/mol. The number of carbonyl (C=O) groups is 1. The molecular formula is C41H62O. The molecule has 0 heterocycles. The second-order valence-electron chi connectivity index (χ2n) is 14.2. The molecule has 0 aromatic heterocycles. The summed E-state index contributed by atoms with van der Waals surface area (Å²) in [6.45, 7) is 4.67. The molecule has 2 atom stereocenters. The predicted octanol–water partition coefficient (Wildman–Crippen LogP) is 12.5. The summed E-state index contributed by atoms with van der Waals surface area (Å²) in [7, 11) is 0. The van der Waals surface area contributed by atoms with Gasteiger partial charge in [0.05, 0.1) is 0 Å². The van der Waals surface area contributed by atoms with Crippen molar-refractivity contribution < 1.29 is 4.79 Å². The highest BCUT2D eigenvalue weighted by molar-refractivity contribution is 5.78. The monoisotopic (exact) mass is 570 g/mol. The Hall–Kier alpha value is -1.89. The van der Waals surface area contributed by atoms with E-state index in [1.807, 2.05) is 0 Å². The third kappa shape index (κ3) is 10.7. The Balaban J connectivity index is 1.17. The number of Topliss-reactive ketones (excluding diaryl/α,β-unsaturated/α-hetero) is 1. The lowest BCUT2D eigenvalue weighted by atomic mass is 9.71. The van der Waals surface area contributed by atoms with E-state index in [9.17, 15) is 4.79 Å². The van der Waals surface area contributed by atoms with Crippen LogP contribution in [0.15, 0.2) is 60.7 Å². The van der Waals surface area contributed by atoms with E-state index < -0.39 is 0 Å². The number of rotatable bonds is 18. The Labute approximate surface area is 259 Å². The van der Waals surface area contributed by atoms with Crippen molar-refractivity contribution in [3.05, 3.63) is 71.8 Å². The minimum absolute atomic E-state index is 0.502. The number of ketones is 1. The Morgan fingerprint density at radius 1 is 0.571 bits per heavy atom. The normalized spacial score (nSPS) is 24.2. The molecule has 0 bridgehead atoms. The summed E-state index contributed by atoms with van der Waals surface area (Å²) in [6, 6.07) is 22.6. The second kappa shape index (κ2) is 18.7. The Kier molecular flexibility index (Phi) is 14.7. The quantitative estimate of drug-likeness (QED) is 0.163. The summed E-state index contributed by atoms with van der Waals surface area (Å²) >= 11 is 0. The number of unbranched alkanes of at least 4 members (excludes halogenated alkanes) is 2. The smallest absolute Gasteiger partial charge is 0.132 e. The molecule has 2 unspecified atom stereocenters. The van der Waals surface area contributed by atoms with Crippen molar-refractivity contribution in [1.29, 1.82) is 0 Å². The van der Waals surface area contributed by atoms with Crippen LogP contribution in [0.4, 0.5) is 0 Å². The van der Waals surface area contributed by atoms with Gasteiger partial charge in [-0.2, -0.15) is 0 Å². The summed E-state index contributed by atoms with van der Waals surface area (Å²) in [6.07, 6.45) is 25.4. The highest BCUT2D eigenvalue weighted by Crippen LogP contribution is 2.43. The maximum Gasteiger partial charge on any atom is 0.132 e. The molecule has 2 aromatic carbocycles. The van der Waals surface area contributed by atoms with Crippen LogP contribution in [0.1, 0.15) is 165 Å². The van der Waals surface area contributed by atoms with Crippen LogP contribution in [-0.2, 0) is 4.79 Å².